The lowest BCUT2D eigenvalue weighted by atomic mass is 9.90. The van der Waals surface area contributed by atoms with Crippen LogP contribution < -0.4 is 0 Å². The van der Waals surface area contributed by atoms with Gasteiger partial charge in [0.2, 0.25) is 0 Å². The second-order valence-electron chi connectivity index (χ2n) is 8.24. The molecule has 0 radical (unpaired) electrons. The van der Waals surface area contributed by atoms with Crippen LogP contribution in [-0.4, -0.2) is 28.2 Å². The van der Waals surface area contributed by atoms with Gasteiger partial charge in [0.1, 0.15) is 6.10 Å². The smallest absolute Gasteiger partial charge is 0.102 e. The largest absolute Gasteiger partial charge is 0.386 e. The highest BCUT2D eigenvalue weighted by molar-refractivity contribution is 5.87. The third kappa shape index (κ3) is 2.67. The number of likely N-dealkylation sites (N-methyl/N-ethyl adjacent to an activating group) is 1. The van der Waals surface area contributed by atoms with Crippen molar-refractivity contribution in [2.24, 2.45) is 0 Å². The molecule has 0 fully saturated rings. The van der Waals surface area contributed by atoms with Gasteiger partial charge in [-0.1, -0.05) is 42.0 Å². The Hall–Kier alpha value is -2.10. The predicted octanol–water partition coefficient (Wildman–Crippen LogP) is 4.41. The maximum atomic E-state index is 11.3. The van der Waals surface area contributed by atoms with Crippen molar-refractivity contribution in [3.63, 3.8) is 0 Å². The lowest BCUT2D eigenvalue weighted by Crippen LogP contribution is -2.37. The summed E-state index contributed by atoms with van der Waals surface area (Å²) in [6.07, 6.45) is 0.453. The van der Waals surface area contributed by atoms with E-state index in [0.717, 1.165) is 25.1 Å². The molecule has 0 saturated carbocycles. The number of hydrogen-bond acceptors (Lipinski definition) is 2. The molecule has 0 spiro atoms. The van der Waals surface area contributed by atoms with Crippen LogP contribution >= 0.6 is 0 Å². The average molecular weight is 348 g/mol. The van der Waals surface area contributed by atoms with Gasteiger partial charge in [-0.3, -0.25) is 0 Å². The molecule has 136 valence electrons. The minimum Gasteiger partial charge on any atom is -0.386 e. The Kier molecular flexibility index (Phi) is 4.17. The van der Waals surface area contributed by atoms with Gasteiger partial charge in [-0.05, 0) is 51.1 Å². The summed E-state index contributed by atoms with van der Waals surface area (Å²) in [6, 6.07) is 16.7. The van der Waals surface area contributed by atoms with Crippen molar-refractivity contribution in [1.29, 1.82) is 0 Å². The Bertz CT molecular complexity index is 940. The summed E-state index contributed by atoms with van der Waals surface area (Å²) in [5.41, 5.74) is 5.85. The molecular weight excluding hydrogens is 320 g/mol. The lowest BCUT2D eigenvalue weighted by Gasteiger charge is -2.36. The van der Waals surface area contributed by atoms with Crippen molar-refractivity contribution in [3.8, 4) is 0 Å². The predicted molar refractivity (Wildman–Crippen MR) is 107 cm³/mol. The summed E-state index contributed by atoms with van der Waals surface area (Å²) in [4.78, 5) is 2.38. The van der Waals surface area contributed by atoms with Crippen LogP contribution in [0.2, 0.25) is 0 Å². The molecule has 0 bridgehead atoms. The molecule has 4 rings (SSSR count). The highest BCUT2D eigenvalue weighted by atomic mass is 16.3. The van der Waals surface area contributed by atoms with Crippen molar-refractivity contribution >= 4 is 10.9 Å². The summed E-state index contributed by atoms with van der Waals surface area (Å²) < 4.78 is 2.40. The first-order valence-electron chi connectivity index (χ1n) is 9.44. The van der Waals surface area contributed by atoms with Crippen LogP contribution in [-0.2, 0) is 18.5 Å². The first-order chi connectivity index (χ1) is 12.4. The van der Waals surface area contributed by atoms with Crippen LogP contribution in [0.5, 0.6) is 0 Å². The maximum Gasteiger partial charge on any atom is 0.102 e. The van der Waals surface area contributed by atoms with Crippen LogP contribution in [0.3, 0.4) is 0 Å². The number of aliphatic hydroxyl groups excluding tert-OH is 1. The highest BCUT2D eigenvalue weighted by Crippen LogP contribution is 2.40. The van der Waals surface area contributed by atoms with Crippen LogP contribution in [0.15, 0.2) is 48.5 Å². The zero-order valence-corrected chi connectivity index (χ0v) is 16.2. The van der Waals surface area contributed by atoms with Gasteiger partial charge in [0.25, 0.3) is 0 Å². The van der Waals surface area contributed by atoms with E-state index in [1.165, 1.54) is 27.7 Å². The molecule has 0 saturated heterocycles. The van der Waals surface area contributed by atoms with Crippen molar-refractivity contribution in [2.75, 3.05) is 13.6 Å². The van der Waals surface area contributed by atoms with Gasteiger partial charge in [-0.15, -0.1) is 0 Å². The molecule has 3 aromatic rings. The van der Waals surface area contributed by atoms with E-state index in [0.29, 0.717) is 0 Å². The Balaban J connectivity index is 1.93. The van der Waals surface area contributed by atoms with Gasteiger partial charge in [-0.25, -0.2) is 0 Å². The number of aliphatic hydroxyl groups is 1. The molecule has 1 aliphatic heterocycles. The average Bonchev–Trinajstić information content (AvgIpc) is 2.95. The zero-order valence-electron chi connectivity index (χ0n) is 16.2. The van der Waals surface area contributed by atoms with E-state index >= 15 is 0 Å². The van der Waals surface area contributed by atoms with Gasteiger partial charge < -0.3 is 14.6 Å². The number of nitrogens with zero attached hydrogens (tertiary/aromatic N) is 2. The lowest BCUT2D eigenvalue weighted by molar-refractivity contribution is 0.0571. The summed E-state index contributed by atoms with van der Waals surface area (Å²) in [5.74, 6) is 0. The summed E-state index contributed by atoms with van der Waals surface area (Å²) >= 11 is 0. The summed E-state index contributed by atoms with van der Waals surface area (Å²) in [5, 5.41) is 12.6. The van der Waals surface area contributed by atoms with Crippen LogP contribution in [0.1, 0.15) is 42.3 Å². The zero-order chi connectivity index (χ0) is 18.5. The highest BCUT2D eigenvalue weighted by Gasteiger charge is 2.36. The van der Waals surface area contributed by atoms with Crippen molar-refractivity contribution in [1.82, 2.24) is 9.47 Å². The van der Waals surface area contributed by atoms with Crippen molar-refractivity contribution in [3.05, 3.63) is 70.9 Å². The fourth-order valence-corrected chi connectivity index (χ4v) is 4.43. The number of rotatable bonds is 3. The molecule has 1 aliphatic rings. The van der Waals surface area contributed by atoms with Gasteiger partial charge in [-0.2, -0.15) is 0 Å². The SMILES string of the molecule is Cc1ccc2c(c1)c1c(n2C(C)(C)C(O)c2ccccc2)CCN(C)C1. The van der Waals surface area contributed by atoms with E-state index in [-0.39, 0.29) is 0 Å². The number of benzene rings is 2. The van der Waals surface area contributed by atoms with E-state index in [1.54, 1.807) is 0 Å². The molecule has 2 aromatic carbocycles. The molecule has 3 heteroatoms. The van der Waals surface area contributed by atoms with Crippen LogP contribution in [0.4, 0.5) is 0 Å². The number of aryl methyl sites for hydroxylation is 1. The van der Waals surface area contributed by atoms with Gasteiger partial charge in [0.15, 0.2) is 0 Å². The van der Waals surface area contributed by atoms with E-state index in [1.807, 2.05) is 30.3 Å². The number of fused-ring (bicyclic) bond motifs is 3. The fraction of sp³-hybridized carbons (Fsp3) is 0.391. The molecule has 1 unspecified atom stereocenters. The van der Waals surface area contributed by atoms with E-state index < -0.39 is 11.6 Å². The topological polar surface area (TPSA) is 28.4 Å². The molecule has 26 heavy (non-hydrogen) atoms. The minimum absolute atomic E-state index is 0.432. The van der Waals surface area contributed by atoms with E-state index in [2.05, 4.69) is 55.5 Å². The Morgan fingerprint density at radius 1 is 1.08 bits per heavy atom. The van der Waals surface area contributed by atoms with E-state index in [9.17, 15) is 5.11 Å². The molecule has 2 heterocycles. The Morgan fingerprint density at radius 2 is 1.81 bits per heavy atom. The van der Waals surface area contributed by atoms with Crippen LogP contribution in [0, 0.1) is 6.92 Å². The Morgan fingerprint density at radius 3 is 2.54 bits per heavy atom. The first-order valence-corrected chi connectivity index (χ1v) is 9.44. The molecule has 1 N–H and O–H groups in total. The first kappa shape index (κ1) is 17.3. The molecule has 0 amide bonds. The van der Waals surface area contributed by atoms with Crippen LogP contribution in [0.25, 0.3) is 10.9 Å². The monoisotopic (exact) mass is 348 g/mol. The maximum absolute atomic E-state index is 11.3. The fourth-order valence-electron chi connectivity index (χ4n) is 4.43. The standard InChI is InChI=1S/C23H28N2O/c1-16-10-11-20-18(14-16)19-15-24(4)13-12-21(19)25(20)23(2,3)22(26)17-8-6-5-7-9-17/h5-11,14,22,26H,12-13,15H2,1-4H3. The third-order valence-corrected chi connectivity index (χ3v) is 5.86. The summed E-state index contributed by atoms with van der Waals surface area (Å²) in [7, 11) is 2.19. The number of hydrogen-bond donors (Lipinski definition) is 1. The Labute approximate surface area is 155 Å². The molecular formula is C23H28N2O. The normalized spacial score (nSPS) is 16.7. The van der Waals surface area contributed by atoms with Crippen molar-refractivity contribution in [2.45, 2.75) is 45.4 Å². The quantitative estimate of drug-likeness (QED) is 0.759. The van der Waals surface area contributed by atoms with Gasteiger partial charge >= 0.3 is 0 Å². The molecule has 1 aromatic heterocycles. The molecule has 0 aliphatic carbocycles. The number of aromatic nitrogens is 1. The summed E-state index contributed by atoms with van der Waals surface area (Å²) in [6.45, 7) is 8.49. The molecule has 1 atom stereocenters. The second-order valence-corrected chi connectivity index (χ2v) is 8.24. The van der Waals surface area contributed by atoms with E-state index in [4.69, 9.17) is 0 Å². The van der Waals surface area contributed by atoms with Gasteiger partial charge in [0, 0.05) is 36.1 Å². The van der Waals surface area contributed by atoms with Crippen molar-refractivity contribution < 1.29 is 5.11 Å². The van der Waals surface area contributed by atoms with Gasteiger partial charge in [0.05, 0.1) is 5.54 Å². The second kappa shape index (κ2) is 6.26. The third-order valence-electron chi connectivity index (χ3n) is 5.86. The minimum atomic E-state index is -0.565. The molecule has 3 nitrogen and oxygen atoms in total.